The first-order valence-corrected chi connectivity index (χ1v) is 5.46. The molecule has 0 amide bonds. The van der Waals surface area contributed by atoms with Gasteiger partial charge in [0, 0.05) is 11.8 Å². The highest BCUT2D eigenvalue weighted by Crippen LogP contribution is 2.28. The Morgan fingerprint density at radius 2 is 2.00 bits per heavy atom. The highest BCUT2D eigenvalue weighted by Gasteiger charge is 2.32. The molecule has 2 N–H and O–H groups in total. The average molecular weight is 239 g/mol. The molecule has 2 aromatic rings. The maximum absolute atomic E-state index is 12.7. The van der Waals surface area contributed by atoms with Crippen molar-refractivity contribution in [2.75, 3.05) is 0 Å². The number of hydrogen-bond donors (Lipinski definition) is 1. The van der Waals surface area contributed by atoms with Crippen molar-refractivity contribution in [1.82, 2.24) is 0 Å². The maximum Gasteiger partial charge on any atom is 0.256 e. The highest BCUT2D eigenvalue weighted by atomic mass is 19.3. The van der Waals surface area contributed by atoms with Crippen LogP contribution in [0.3, 0.4) is 0 Å². The van der Waals surface area contributed by atoms with Crippen molar-refractivity contribution in [3.05, 3.63) is 35.6 Å². The van der Waals surface area contributed by atoms with Gasteiger partial charge in [-0.3, -0.25) is 0 Å². The van der Waals surface area contributed by atoms with Crippen LogP contribution in [0.25, 0.3) is 11.0 Å². The lowest BCUT2D eigenvalue weighted by molar-refractivity contribution is 0.0611. The standard InChI is InChI=1S/C13H15F2NO/c1-8-9-5-3-4-6-10(9)17-11(8)7-13(2,16)12(14)15/h3-6,12H,7,16H2,1-2H3. The Hall–Kier alpha value is -1.42. The molecule has 0 aliphatic rings. The number of fused-ring (bicyclic) bond motifs is 1. The van der Waals surface area contributed by atoms with Crippen LogP contribution >= 0.6 is 0 Å². The molecule has 1 atom stereocenters. The van der Waals surface area contributed by atoms with E-state index in [0.29, 0.717) is 11.3 Å². The SMILES string of the molecule is Cc1c(CC(C)(N)C(F)F)oc2ccccc12. The molecule has 0 fully saturated rings. The second-order valence-corrected chi connectivity index (χ2v) is 4.63. The van der Waals surface area contributed by atoms with E-state index >= 15 is 0 Å². The number of nitrogens with two attached hydrogens (primary N) is 1. The van der Waals surface area contributed by atoms with Crippen molar-refractivity contribution in [3.63, 3.8) is 0 Å². The summed E-state index contributed by atoms with van der Waals surface area (Å²) in [6, 6.07) is 7.48. The number of benzene rings is 1. The highest BCUT2D eigenvalue weighted by molar-refractivity contribution is 5.81. The minimum absolute atomic E-state index is 0.0329. The van der Waals surface area contributed by atoms with Gasteiger partial charge in [-0.25, -0.2) is 8.78 Å². The monoisotopic (exact) mass is 239 g/mol. The molecule has 92 valence electrons. The zero-order chi connectivity index (χ0) is 12.6. The van der Waals surface area contributed by atoms with Crippen molar-refractivity contribution in [2.45, 2.75) is 32.2 Å². The van der Waals surface area contributed by atoms with Gasteiger partial charge in [0.1, 0.15) is 11.3 Å². The summed E-state index contributed by atoms with van der Waals surface area (Å²) in [5.74, 6) is 0.538. The largest absolute Gasteiger partial charge is 0.461 e. The zero-order valence-electron chi connectivity index (χ0n) is 9.84. The first-order valence-electron chi connectivity index (χ1n) is 5.46. The number of hydrogen-bond acceptors (Lipinski definition) is 2. The van der Waals surface area contributed by atoms with Gasteiger partial charge in [0.2, 0.25) is 0 Å². The van der Waals surface area contributed by atoms with Crippen LogP contribution in [0, 0.1) is 6.92 Å². The zero-order valence-corrected chi connectivity index (χ0v) is 9.84. The third-order valence-electron chi connectivity index (χ3n) is 2.98. The fourth-order valence-corrected chi connectivity index (χ4v) is 1.82. The Morgan fingerprint density at radius 3 is 2.59 bits per heavy atom. The average Bonchev–Trinajstić information content (AvgIpc) is 2.56. The molecular weight excluding hydrogens is 224 g/mol. The molecule has 1 aromatic carbocycles. The van der Waals surface area contributed by atoms with Crippen LogP contribution in [0.1, 0.15) is 18.2 Å². The van der Waals surface area contributed by atoms with Crippen LogP contribution in [0.4, 0.5) is 8.78 Å². The minimum Gasteiger partial charge on any atom is -0.461 e. The third kappa shape index (κ3) is 2.17. The van der Waals surface area contributed by atoms with Crippen molar-refractivity contribution in [2.24, 2.45) is 5.73 Å². The summed E-state index contributed by atoms with van der Waals surface area (Å²) in [5, 5.41) is 0.951. The van der Waals surface area contributed by atoms with E-state index in [1.54, 1.807) is 0 Å². The Kier molecular flexibility index (Phi) is 2.91. The first kappa shape index (κ1) is 12.0. The molecule has 0 bridgehead atoms. The van der Waals surface area contributed by atoms with Gasteiger partial charge in [-0.1, -0.05) is 18.2 Å². The summed E-state index contributed by atoms with van der Waals surface area (Å²) in [6.07, 6.45) is -2.54. The molecule has 0 aliphatic carbocycles. The molecule has 1 unspecified atom stereocenters. The molecule has 2 nitrogen and oxygen atoms in total. The number of aryl methyl sites for hydroxylation is 1. The van der Waals surface area contributed by atoms with Crippen LogP contribution in [0.5, 0.6) is 0 Å². The Bertz CT molecular complexity index is 531. The number of furan rings is 1. The van der Waals surface area contributed by atoms with E-state index in [1.165, 1.54) is 6.92 Å². The summed E-state index contributed by atoms with van der Waals surface area (Å²) in [4.78, 5) is 0. The van der Waals surface area contributed by atoms with Crippen LogP contribution in [-0.4, -0.2) is 12.0 Å². The fraction of sp³-hybridized carbons (Fsp3) is 0.385. The molecule has 0 radical (unpaired) electrons. The van der Waals surface area contributed by atoms with Crippen molar-refractivity contribution >= 4 is 11.0 Å². The van der Waals surface area contributed by atoms with E-state index in [9.17, 15) is 8.78 Å². The van der Waals surface area contributed by atoms with E-state index in [-0.39, 0.29) is 6.42 Å². The first-order chi connectivity index (χ1) is 7.92. The van der Waals surface area contributed by atoms with E-state index < -0.39 is 12.0 Å². The van der Waals surface area contributed by atoms with Crippen LogP contribution in [0.2, 0.25) is 0 Å². The predicted molar refractivity (Wildman–Crippen MR) is 63.3 cm³/mol. The van der Waals surface area contributed by atoms with E-state index in [4.69, 9.17) is 10.2 Å². The lowest BCUT2D eigenvalue weighted by atomic mass is 9.96. The molecular formula is C13H15F2NO. The van der Waals surface area contributed by atoms with Gasteiger partial charge in [-0.05, 0) is 25.5 Å². The third-order valence-corrected chi connectivity index (χ3v) is 2.98. The molecule has 4 heteroatoms. The molecule has 0 spiro atoms. The second kappa shape index (κ2) is 4.11. The molecule has 1 heterocycles. The summed E-state index contributed by atoms with van der Waals surface area (Å²) >= 11 is 0. The van der Waals surface area contributed by atoms with Gasteiger partial charge in [0.15, 0.2) is 0 Å². The van der Waals surface area contributed by atoms with E-state index in [1.807, 2.05) is 31.2 Å². The number of halogens is 2. The maximum atomic E-state index is 12.7. The van der Waals surface area contributed by atoms with Crippen molar-refractivity contribution in [1.29, 1.82) is 0 Å². The number of para-hydroxylation sites is 1. The van der Waals surface area contributed by atoms with Crippen LogP contribution in [0.15, 0.2) is 28.7 Å². The topological polar surface area (TPSA) is 39.2 Å². The van der Waals surface area contributed by atoms with E-state index in [2.05, 4.69) is 0 Å². The van der Waals surface area contributed by atoms with Gasteiger partial charge in [-0.2, -0.15) is 0 Å². The quantitative estimate of drug-likeness (QED) is 0.892. The second-order valence-electron chi connectivity index (χ2n) is 4.63. The fourth-order valence-electron chi connectivity index (χ4n) is 1.82. The predicted octanol–water partition coefficient (Wildman–Crippen LogP) is 3.27. The van der Waals surface area contributed by atoms with Gasteiger partial charge in [0.05, 0.1) is 5.54 Å². The van der Waals surface area contributed by atoms with E-state index in [0.717, 1.165) is 10.9 Å². The van der Waals surface area contributed by atoms with Gasteiger partial charge in [0.25, 0.3) is 6.43 Å². The molecule has 0 saturated heterocycles. The molecule has 1 aromatic heterocycles. The summed E-state index contributed by atoms with van der Waals surface area (Å²) in [6.45, 7) is 3.20. The van der Waals surface area contributed by atoms with Crippen LogP contribution in [-0.2, 0) is 6.42 Å². The van der Waals surface area contributed by atoms with Gasteiger partial charge in [-0.15, -0.1) is 0 Å². The number of rotatable bonds is 3. The Labute approximate surface area is 98.4 Å². The Morgan fingerprint density at radius 1 is 1.35 bits per heavy atom. The molecule has 17 heavy (non-hydrogen) atoms. The molecule has 2 rings (SSSR count). The van der Waals surface area contributed by atoms with Crippen molar-refractivity contribution in [3.8, 4) is 0 Å². The van der Waals surface area contributed by atoms with Crippen molar-refractivity contribution < 1.29 is 13.2 Å². The van der Waals surface area contributed by atoms with Gasteiger partial charge >= 0.3 is 0 Å². The van der Waals surface area contributed by atoms with Crippen LogP contribution < -0.4 is 5.73 Å². The lowest BCUT2D eigenvalue weighted by Crippen LogP contribution is -2.45. The minimum atomic E-state index is -2.57. The number of alkyl halides is 2. The molecule has 0 saturated carbocycles. The summed E-state index contributed by atoms with van der Waals surface area (Å²) in [5.41, 5.74) is 5.62. The summed E-state index contributed by atoms with van der Waals surface area (Å²) in [7, 11) is 0. The Balaban J connectivity index is 2.40. The van der Waals surface area contributed by atoms with Gasteiger partial charge < -0.3 is 10.2 Å². The lowest BCUT2D eigenvalue weighted by Gasteiger charge is -2.22. The smallest absolute Gasteiger partial charge is 0.256 e. The normalized spacial score (nSPS) is 15.4. The summed E-state index contributed by atoms with van der Waals surface area (Å²) < 4.78 is 31.0. The molecule has 0 aliphatic heterocycles.